The zero-order chi connectivity index (χ0) is 14.1. The number of rotatable bonds is 4. The van der Waals surface area contributed by atoms with Crippen LogP contribution >= 0.6 is 0 Å². The SMILES string of the molecule is c1cnc(N2CCCC(NC3CCN(C4CC4)C3)C2)nc1. The Balaban J connectivity index is 1.31. The maximum atomic E-state index is 4.39. The lowest BCUT2D eigenvalue weighted by atomic mass is 10.0. The van der Waals surface area contributed by atoms with Gasteiger partial charge in [0.25, 0.3) is 0 Å². The van der Waals surface area contributed by atoms with E-state index in [4.69, 9.17) is 0 Å². The van der Waals surface area contributed by atoms with E-state index in [2.05, 4.69) is 25.1 Å². The van der Waals surface area contributed by atoms with Crippen molar-refractivity contribution in [3.05, 3.63) is 18.5 Å². The van der Waals surface area contributed by atoms with Crippen molar-refractivity contribution in [2.45, 2.75) is 50.2 Å². The summed E-state index contributed by atoms with van der Waals surface area (Å²) >= 11 is 0. The second kappa shape index (κ2) is 5.89. The van der Waals surface area contributed by atoms with E-state index in [1.807, 2.05) is 18.5 Å². The molecule has 0 spiro atoms. The maximum absolute atomic E-state index is 4.39. The molecule has 0 amide bonds. The molecule has 2 atom stereocenters. The van der Waals surface area contributed by atoms with Crippen LogP contribution in [0.3, 0.4) is 0 Å². The van der Waals surface area contributed by atoms with Crippen LogP contribution in [0.25, 0.3) is 0 Å². The number of hydrogen-bond donors (Lipinski definition) is 1. The molecule has 1 N–H and O–H groups in total. The molecule has 1 aromatic heterocycles. The van der Waals surface area contributed by atoms with Crippen molar-refractivity contribution >= 4 is 5.95 Å². The number of piperidine rings is 1. The van der Waals surface area contributed by atoms with Crippen LogP contribution in [0.15, 0.2) is 18.5 Å². The molecule has 2 unspecified atom stereocenters. The summed E-state index contributed by atoms with van der Waals surface area (Å²) in [6.45, 7) is 4.68. The van der Waals surface area contributed by atoms with Gasteiger partial charge in [0.15, 0.2) is 0 Å². The van der Waals surface area contributed by atoms with Gasteiger partial charge in [0, 0.05) is 56.7 Å². The van der Waals surface area contributed by atoms with Crippen LogP contribution < -0.4 is 10.2 Å². The summed E-state index contributed by atoms with van der Waals surface area (Å²) in [5.74, 6) is 0.884. The molecule has 1 saturated carbocycles. The minimum Gasteiger partial charge on any atom is -0.339 e. The predicted molar refractivity (Wildman–Crippen MR) is 83.4 cm³/mol. The molecule has 2 aliphatic heterocycles. The fourth-order valence-corrected chi connectivity index (χ4v) is 3.78. The lowest BCUT2D eigenvalue weighted by Crippen LogP contribution is -2.50. The van der Waals surface area contributed by atoms with Gasteiger partial charge < -0.3 is 10.2 Å². The summed E-state index contributed by atoms with van der Waals surface area (Å²) in [4.78, 5) is 13.8. The zero-order valence-corrected chi connectivity index (χ0v) is 12.6. The first-order chi connectivity index (χ1) is 10.4. The van der Waals surface area contributed by atoms with Crippen molar-refractivity contribution in [2.75, 3.05) is 31.1 Å². The maximum Gasteiger partial charge on any atom is 0.225 e. The van der Waals surface area contributed by atoms with Crippen molar-refractivity contribution < 1.29 is 0 Å². The van der Waals surface area contributed by atoms with Gasteiger partial charge in [0.2, 0.25) is 5.95 Å². The first-order valence-corrected chi connectivity index (χ1v) is 8.40. The van der Waals surface area contributed by atoms with Gasteiger partial charge in [-0.25, -0.2) is 9.97 Å². The molecule has 5 heteroatoms. The van der Waals surface area contributed by atoms with Gasteiger partial charge in [-0.3, -0.25) is 4.90 Å². The molecule has 2 saturated heterocycles. The molecule has 21 heavy (non-hydrogen) atoms. The molecule has 114 valence electrons. The fraction of sp³-hybridized carbons (Fsp3) is 0.750. The highest BCUT2D eigenvalue weighted by molar-refractivity contribution is 5.29. The number of likely N-dealkylation sites (tertiary alicyclic amines) is 1. The van der Waals surface area contributed by atoms with Crippen molar-refractivity contribution in [3.8, 4) is 0 Å². The summed E-state index contributed by atoms with van der Waals surface area (Å²) in [5.41, 5.74) is 0. The molecule has 3 heterocycles. The van der Waals surface area contributed by atoms with E-state index < -0.39 is 0 Å². The lowest BCUT2D eigenvalue weighted by Gasteiger charge is -2.34. The van der Waals surface area contributed by atoms with Gasteiger partial charge >= 0.3 is 0 Å². The van der Waals surface area contributed by atoms with Gasteiger partial charge in [-0.15, -0.1) is 0 Å². The summed E-state index contributed by atoms with van der Waals surface area (Å²) in [6, 6.07) is 4.07. The van der Waals surface area contributed by atoms with Crippen molar-refractivity contribution in [1.29, 1.82) is 0 Å². The summed E-state index contributed by atoms with van der Waals surface area (Å²) in [5, 5.41) is 3.89. The van der Waals surface area contributed by atoms with E-state index in [1.165, 1.54) is 45.2 Å². The third-order valence-electron chi connectivity index (χ3n) is 5.01. The van der Waals surface area contributed by atoms with E-state index >= 15 is 0 Å². The molecule has 3 fully saturated rings. The number of hydrogen-bond acceptors (Lipinski definition) is 5. The first kappa shape index (κ1) is 13.5. The molecule has 1 aliphatic carbocycles. The highest BCUT2D eigenvalue weighted by atomic mass is 15.3. The number of nitrogens with zero attached hydrogens (tertiary/aromatic N) is 4. The molecular weight excluding hydrogens is 262 g/mol. The topological polar surface area (TPSA) is 44.3 Å². The Bertz CT molecular complexity index is 461. The summed E-state index contributed by atoms with van der Waals surface area (Å²) < 4.78 is 0. The van der Waals surface area contributed by atoms with Crippen LogP contribution in [-0.4, -0.2) is 59.2 Å². The molecule has 0 bridgehead atoms. The molecule has 3 aliphatic rings. The van der Waals surface area contributed by atoms with Gasteiger partial charge in [-0.2, -0.15) is 0 Å². The van der Waals surface area contributed by atoms with Gasteiger partial charge in [-0.05, 0) is 38.2 Å². The van der Waals surface area contributed by atoms with Gasteiger partial charge in [0.05, 0.1) is 0 Å². The highest BCUT2D eigenvalue weighted by Crippen LogP contribution is 2.30. The Morgan fingerprint density at radius 2 is 1.76 bits per heavy atom. The molecule has 1 aromatic rings. The van der Waals surface area contributed by atoms with Gasteiger partial charge in [-0.1, -0.05) is 0 Å². The fourth-order valence-electron chi connectivity index (χ4n) is 3.78. The van der Waals surface area contributed by atoms with Gasteiger partial charge in [0.1, 0.15) is 0 Å². The summed E-state index contributed by atoms with van der Waals surface area (Å²) in [6.07, 6.45) is 10.4. The average Bonchev–Trinajstić information content (AvgIpc) is 3.29. The van der Waals surface area contributed by atoms with Crippen LogP contribution in [0.5, 0.6) is 0 Å². The predicted octanol–water partition coefficient (Wildman–Crippen LogP) is 1.27. The summed E-state index contributed by atoms with van der Waals surface area (Å²) in [7, 11) is 0. The first-order valence-electron chi connectivity index (χ1n) is 8.40. The Hall–Kier alpha value is -1.20. The van der Waals surface area contributed by atoms with Crippen molar-refractivity contribution in [1.82, 2.24) is 20.2 Å². The highest BCUT2D eigenvalue weighted by Gasteiger charge is 2.35. The Morgan fingerprint density at radius 3 is 2.57 bits per heavy atom. The average molecular weight is 287 g/mol. The molecule has 0 radical (unpaired) electrons. The Morgan fingerprint density at radius 1 is 0.952 bits per heavy atom. The number of aromatic nitrogens is 2. The van der Waals surface area contributed by atoms with E-state index in [9.17, 15) is 0 Å². The quantitative estimate of drug-likeness (QED) is 0.903. The lowest BCUT2D eigenvalue weighted by molar-refractivity contribution is 0.306. The molecule has 5 nitrogen and oxygen atoms in total. The molecular formula is C16H25N5. The van der Waals surface area contributed by atoms with E-state index in [0.29, 0.717) is 12.1 Å². The second-order valence-corrected chi connectivity index (χ2v) is 6.71. The van der Waals surface area contributed by atoms with Crippen LogP contribution in [0.4, 0.5) is 5.95 Å². The molecule has 4 rings (SSSR count). The monoisotopic (exact) mass is 287 g/mol. The van der Waals surface area contributed by atoms with E-state index in [-0.39, 0.29) is 0 Å². The normalized spacial score (nSPS) is 30.8. The van der Waals surface area contributed by atoms with Crippen LogP contribution in [0.1, 0.15) is 32.1 Å². The van der Waals surface area contributed by atoms with Crippen molar-refractivity contribution in [2.24, 2.45) is 0 Å². The zero-order valence-electron chi connectivity index (χ0n) is 12.6. The minimum atomic E-state index is 0.590. The Kier molecular flexibility index (Phi) is 3.78. The largest absolute Gasteiger partial charge is 0.339 e. The third kappa shape index (κ3) is 3.19. The van der Waals surface area contributed by atoms with E-state index in [1.54, 1.807) is 0 Å². The number of anilines is 1. The third-order valence-corrected chi connectivity index (χ3v) is 5.01. The minimum absolute atomic E-state index is 0.590. The Labute approximate surface area is 126 Å². The molecule has 0 aromatic carbocycles. The van der Waals surface area contributed by atoms with Crippen molar-refractivity contribution in [3.63, 3.8) is 0 Å². The smallest absolute Gasteiger partial charge is 0.225 e. The van der Waals surface area contributed by atoms with Crippen LogP contribution in [-0.2, 0) is 0 Å². The second-order valence-electron chi connectivity index (χ2n) is 6.71. The standard InChI is InChI=1S/C16H25N5/c1-3-13(12-21(9-1)16-17-7-2-8-18-16)19-14-6-10-20(11-14)15-4-5-15/h2,7-8,13-15,19H,1,3-6,9-12H2. The van der Waals surface area contributed by atoms with E-state index in [0.717, 1.165) is 25.1 Å². The number of nitrogens with one attached hydrogen (secondary N) is 1. The van der Waals surface area contributed by atoms with Crippen LogP contribution in [0.2, 0.25) is 0 Å². The van der Waals surface area contributed by atoms with Crippen LogP contribution in [0, 0.1) is 0 Å².